The van der Waals surface area contributed by atoms with E-state index in [4.69, 9.17) is 4.52 Å². The summed E-state index contributed by atoms with van der Waals surface area (Å²) in [6.07, 6.45) is 3.64. The summed E-state index contributed by atoms with van der Waals surface area (Å²) in [7, 11) is 0. The molecule has 3 heterocycles. The first-order chi connectivity index (χ1) is 10.2. The third-order valence-corrected chi connectivity index (χ3v) is 4.45. The highest BCUT2D eigenvalue weighted by atomic mass is 32.2. The number of urea groups is 1. The van der Waals surface area contributed by atoms with E-state index in [1.807, 2.05) is 6.26 Å². The van der Waals surface area contributed by atoms with Crippen molar-refractivity contribution in [1.29, 1.82) is 0 Å². The van der Waals surface area contributed by atoms with Gasteiger partial charge in [0.2, 0.25) is 16.2 Å². The Hall–Kier alpha value is -1.68. The molecule has 8 nitrogen and oxygen atoms in total. The van der Waals surface area contributed by atoms with Gasteiger partial charge in [-0.15, -0.1) is 0 Å². The van der Waals surface area contributed by atoms with Crippen LogP contribution in [0.2, 0.25) is 0 Å². The van der Waals surface area contributed by atoms with Crippen molar-refractivity contribution in [2.45, 2.75) is 31.0 Å². The number of hydrogen-bond acceptors (Lipinski definition) is 8. The summed E-state index contributed by atoms with van der Waals surface area (Å²) in [5, 5.41) is 7.85. The van der Waals surface area contributed by atoms with Crippen LogP contribution in [0.25, 0.3) is 0 Å². The first kappa shape index (κ1) is 14.3. The van der Waals surface area contributed by atoms with Crippen LogP contribution in [0.3, 0.4) is 0 Å². The van der Waals surface area contributed by atoms with Crippen molar-refractivity contribution in [3.63, 3.8) is 0 Å². The van der Waals surface area contributed by atoms with Gasteiger partial charge in [0.25, 0.3) is 0 Å². The first-order valence-corrected chi connectivity index (χ1v) is 8.42. The van der Waals surface area contributed by atoms with E-state index in [1.165, 1.54) is 23.3 Å². The quantitative estimate of drug-likeness (QED) is 0.864. The third kappa shape index (κ3) is 3.00. The molecule has 1 fully saturated rings. The zero-order valence-corrected chi connectivity index (χ0v) is 13.2. The number of hydrogen-bond donors (Lipinski definition) is 1. The molecule has 10 heteroatoms. The number of thioether (sulfide) groups is 1. The van der Waals surface area contributed by atoms with E-state index < -0.39 is 0 Å². The van der Waals surface area contributed by atoms with Crippen molar-refractivity contribution >= 4 is 34.5 Å². The summed E-state index contributed by atoms with van der Waals surface area (Å²) in [5.41, 5.74) is 0. The molecule has 3 rings (SSSR count). The number of nitrogens with one attached hydrogen (secondary N) is 1. The fourth-order valence-corrected chi connectivity index (χ4v) is 3.35. The van der Waals surface area contributed by atoms with E-state index >= 15 is 0 Å². The van der Waals surface area contributed by atoms with Gasteiger partial charge in [-0.05, 0) is 19.1 Å². The molecule has 1 N–H and O–H groups in total. The van der Waals surface area contributed by atoms with Crippen molar-refractivity contribution < 1.29 is 9.32 Å². The second-order valence-corrected chi connectivity index (χ2v) is 6.06. The Morgan fingerprint density at radius 1 is 1.52 bits per heavy atom. The van der Waals surface area contributed by atoms with Gasteiger partial charge in [-0.25, -0.2) is 4.79 Å². The van der Waals surface area contributed by atoms with Crippen molar-refractivity contribution in [3.05, 3.63) is 11.7 Å². The molecule has 2 aromatic heterocycles. The van der Waals surface area contributed by atoms with Gasteiger partial charge in [0, 0.05) is 25.0 Å². The summed E-state index contributed by atoms with van der Waals surface area (Å²) < 4.78 is 9.11. The lowest BCUT2D eigenvalue weighted by molar-refractivity contribution is 0.204. The van der Waals surface area contributed by atoms with E-state index in [-0.39, 0.29) is 12.1 Å². The van der Waals surface area contributed by atoms with Gasteiger partial charge in [0.1, 0.15) is 0 Å². The van der Waals surface area contributed by atoms with E-state index in [2.05, 4.69) is 24.8 Å². The van der Waals surface area contributed by atoms with Gasteiger partial charge in [-0.2, -0.15) is 14.3 Å². The maximum absolute atomic E-state index is 12.4. The largest absolute Gasteiger partial charge is 0.340 e. The minimum absolute atomic E-state index is 0.143. The van der Waals surface area contributed by atoms with Crippen molar-refractivity contribution in [1.82, 2.24) is 24.4 Å². The molecule has 21 heavy (non-hydrogen) atoms. The molecule has 0 radical (unpaired) electrons. The molecule has 1 aliphatic rings. The van der Waals surface area contributed by atoms with Gasteiger partial charge >= 0.3 is 6.03 Å². The number of aromatic nitrogens is 4. The Labute approximate surface area is 129 Å². The van der Waals surface area contributed by atoms with Crippen LogP contribution in [-0.2, 0) is 0 Å². The summed E-state index contributed by atoms with van der Waals surface area (Å²) in [6.45, 7) is 2.40. The van der Waals surface area contributed by atoms with Crippen molar-refractivity contribution in [3.8, 4) is 0 Å². The Morgan fingerprint density at radius 2 is 2.38 bits per heavy atom. The fraction of sp³-hybridized carbons (Fsp3) is 0.545. The molecular formula is C11H14N6O2S2. The highest BCUT2D eigenvalue weighted by Crippen LogP contribution is 2.31. The minimum Gasteiger partial charge on any atom is -0.340 e. The second kappa shape index (κ2) is 5.98. The molecular weight excluding hydrogens is 312 g/mol. The molecule has 0 unspecified atom stereocenters. The Morgan fingerprint density at radius 3 is 3.05 bits per heavy atom. The van der Waals surface area contributed by atoms with Crippen LogP contribution in [0.4, 0.5) is 9.93 Å². The molecule has 0 spiro atoms. The predicted octanol–water partition coefficient (Wildman–Crippen LogP) is 2.32. The van der Waals surface area contributed by atoms with Crippen LogP contribution >= 0.6 is 23.3 Å². The van der Waals surface area contributed by atoms with E-state index in [1.54, 1.807) is 11.8 Å². The SMILES string of the molecule is CSc1nsc(NC(=O)N2CCC[C@@H]2c2noc(C)n2)n1. The number of likely N-dealkylation sites (tertiary alicyclic amines) is 1. The molecule has 1 aliphatic heterocycles. The number of aryl methyl sites for hydroxylation is 1. The maximum Gasteiger partial charge on any atom is 0.324 e. The monoisotopic (exact) mass is 326 g/mol. The fourth-order valence-electron chi connectivity index (χ4n) is 2.24. The molecule has 0 aliphatic carbocycles. The molecule has 2 aromatic rings. The Balaban J connectivity index is 1.71. The van der Waals surface area contributed by atoms with Gasteiger partial charge < -0.3 is 9.42 Å². The lowest BCUT2D eigenvalue weighted by Crippen LogP contribution is -2.34. The summed E-state index contributed by atoms with van der Waals surface area (Å²) in [4.78, 5) is 22.5. The minimum atomic E-state index is -0.205. The zero-order valence-electron chi connectivity index (χ0n) is 11.6. The maximum atomic E-state index is 12.4. The lowest BCUT2D eigenvalue weighted by atomic mass is 10.2. The van der Waals surface area contributed by atoms with Gasteiger partial charge in [-0.3, -0.25) is 5.32 Å². The molecule has 1 atom stereocenters. The van der Waals surface area contributed by atoms with E-state index in [0.29, 0.717) is 28.5 Å². The Kier molecular flexibility index (Phi) is 4.06. The number of carbonyl (C=O) groups excluding carboxylic acids is 1. The van der Waals surface area contributed by atoms with Crippen LogP contribution in [-0.4, -0.2) is 43.2 Å². The van der Waals surface area contributed by atoms with E-state index in [9.17, 15) is 4.79 Å². The van der Waals surface area contributed by atoms with Crippen LogP contribution in [0, 0.1) is 6.92 Å². The highest BCUT2D eigenvalue weighted by Gasteiger charge is 2.33. The third-order valence-electron chi connectivity index (χ3n) is 3.16. The average molecular weight is 326 g/mol. The van der Waals surface area contributed by atoms with Crippen LogP contribution < -0.4 is 5.32 Å². The zero-order chi connectivity index (χ0) is 14.8. The number of anilines is 1. The number of carbonyl (C=O) groups is 1. The molecule has 2 amide bonds. The lowest BCUT2D eigenvalue weighted by Gasteiger charge is -2.21. The molecule has 1 saturated heterocycles. The Bertz CT molecular complexity index is 642. The number of nitrogens with zero attached hydrogens (tertiary/aromatic N) is 5. The van der Waals surface area contributed by atoms with Crippen LogP contribution in [0.5, 0.6) is 0 Å². The first-order valence-electron chi connectivity index (χ1n) is 6.43. The second-order valence-electron chi connectivity index (χ2n) is 4.54. The topological polar surface area (TPSA) is 97.0 Å². The standard InChI is InChI=1S/C11H14N6O2S2/c1-6-12-8(15-19-6)7-4-3-5-17(7)11(18)14-9-13-10(20-2)16-21-9/h7H,3-5H2,1-2H3,(H,13,14,16,18)/t7-/m1/s1. The summed E-state index contributed by atoms with van der Waals surface area (Å²) >= 11 is 2.61. The number of rotatable bonds is 3. The van der Waals surface area contributed by atoms with Crippen molar-refractivity contribution in [2.75, 3.05) is 18.1 Å². The van der Waals surface area contributed by atoms with Crippen LogP contribution in [0.1, 0.15) is 30.6 Å². The van der Waals surface area contributed by atoms with Crippen molar-refractivity contribution in [2.24, 2.45) is 0 Å². The van der Waals surface area contributed by atoms with Gasteiger partial charge in [0.05, 0.1) is 6.04 Å². The predicted molar refractivity (Wildman–Crippen MR) is 78.4 cm³/mol. The summed E-state index contributed by atoms with van der Waals surface area (Å²) in [6, 6.07) is -0.348. The van der Waals surface area contributed by atoms with E-state index in [0.717, 1.165) is 12.8 Å². The molecule has 0 aromatic carbocycles. The van der Waals surface area contributed by atoms with Gasteiger partial charge in [0.15, 0.2) is 5.82 Å². The number of amides is 2. The molecule has 112 valence electrons. The van der Waals surface area contributed by atoms with Crippen LogP contribution in [0.15, 0.2) is 9.68 Å². The molecule has 0 bridgehead atoms. The van der Waals surface area contributed by atoms with Gasteiger partial charge in [-0.1, -0.05) is 16.9 Å². The highest BCUT2D eigenvalue weighted by molar-refractivity contribution is 7.98. The summed E-state index contributed by atoms with van der Waals surface area (Å²) in [5.74, 6) is 1.06. The smallest absolute Gasteiger partial charge is 0.324 e. The molecule has 0 saturated carbocycles. The average Bonchev–Trinajstić information content (AvgIpc) is 3.17. The normalized spacial score (nSPS) is 18.2.